The molecule has 0 bridgehead atoms. The molecule has 0 heterocycles. The van der Waals surface area contributed by atoms with E-state index in [1.165, 1.54) is 0 Å². The fourth-order valence-corrected chi connectivity index (χ4v) is 5.21. The smallest absolute Gasteiger partial charge is 0.292 e. The molecule has 0 aromatic heterocycles. The van der Waals surface area contributed by atoms with Crippen molar-refractivity contribution in [2.75, 3.05) is 0 Å². The fourth-order valence-electron chi connectivity index (χ4n) is 5.21. The normalized spacial score (nSPS) is 10.5. The van der Waals surface area contributed by atoms with Gasteiger partial charge in [-0.1, -0.05) is 72.8 Å². The van der Waals surface area contributed by atoms with E-state index in [1.807, 2.05) is 85.1 Å². The SMILES string of the molecule is N#COc1ccc2cccc(-c3ccc(-c4ccc(OC#N)c5ccccc45)c4cccc(OC#N)c34)c2c1. The van der Waals surface area contributed by atoms with Crippen LogP contribution in [0.15, 0.2) is 103 Å². The van der Waals surface area contributed by atoms with Gasteiger partial charge in [0.15, 0.2) is 5.75 Å². The summed E-state index contributed by atoms with van der Waals surface area (Å²) in [6, 6.07) is 32.7. The van der Waals surface area contributed by atoms with Crippen molar-refractivity contribution in [1.29, 1.82) is 15.8 Å². The number of hydrogen-bond donors (Lipinski definition) is 0. The van der Waals surface area contributed by atoms with Crippen LogP contribution in [-0.2, 0) is 0 Å². The van der Waals surface area contributed by atoms with Crippen LogP contribution in [0, 0.1) is 34.6 Å². The number of nitriles is 3. The maximum absolute atomic E-state index is 9.46. The van der Waals surface area contributed by atoms with E-state index in [4.69, 9.17) is 24.7 Å². The maximum Gasteiger partial charge on any atom is 0.292 e. The van der Waals surface area contributed by atoms with Crippen molar-refractivity contribution < 1.29 is 14.2 Å². The number of rotatable bonds is 5. The van der Waals surface area contributed by atoms with Crippen molar-refractivity contribution in [2.24, 2.45) is 0 Å². The van der Waals surface area contributed by atoms with Gasteiger partial charge in [-0.05, 0) is 74.1 Å². The molecule has 0 amide bonds. The highest BCUT2D eigenvalue weighted by atomic mass is 16.5. The minimum Gasteiger partial charge on any atom is -0.388 e. The summed E-state index contributed by atoms with van der Waals surface area (Å²) < 4.78 is 15.8. The molecule has 6 nitrogen and oxygen atoms in total. The van der Waals surface area contributed by atoms with Gasteiger partial charge < -0.3 is 14.2 Å². The van der Waals surface area contributed by atoms with Crippen LogP contribution >= 0.6 is 0 Å². The van der Waals surface area contributed by atoms with Gasteiger partial charge in [-0.15, -0.1) is 15.8 Å². The van der Waals surface area contributed by atoms with Crippen LogP contribution in [0.1, 0.15) is 0 Å². The summed E-state index contributed by atoms with van der Waals surface area (Å²) in [6.07, 6.45) is 5.32. The number of ether oxygens (including phenoxy) is 3. The van der Waals surface area contributed by atoms with Gasteiger partial charge in [0.2, 0.25) is 0 Å². The maximum atomic E-state index is 9.46. The average Bonchev–Trinajstić information content (AvgIpc) is 2.97. The van der Waals surface area contributed by atoms with E-state index in [1.54, 1.807) is 30.7 Å². The Balaban J connectivity index is 1.68. The van der Waals surface area contributed by atoms with Crippen molar-refractivity contribution in [3.05, 3.63) is 103 Å². The van der Waals surface area contributed by atoms with E-state index in [2.05, 4.69) is 6.07 Å². The third kappa shape index (κ3) is 3.98. The molecule has 0 fully saturated rings. The highest BCUT2D eigenvalue weighted by Gasteiger charge is 2.18. The molecule has 6 aromatic rings. The second-order valence-corrected chi connectivity index (χ2v) is 8.76. The molecule has 0 unspecified atom stereocenters. The predicted octanol–water partition coefficient (Wildman–Crippen LogP) is 8.06. The van der Waals surface area contributed by atoms with Crippen LogP contribution in [0.5, 0.6) is 17.2 Å². The Kier molecular flexibility index (Phi) is 5.87. The van der Waals surface area contributed by atoms with Gasteiger partial charge >= 0.3 is 0 Å². The summed E-state index contributed by atoms with van der Waals surface area (Å²) in [5.74, 6) is 1.36. The highest BCUT2D eigenvalue weighted by molar-refractivity contribution is 6.14. The Morgan fingerprint density at radius 1 is 0.436 bits per heavy atom. The topological polar surface area (TPSA) is 99.1 Å². The van der Waals surface area contributed by atoms with Crippen LogP contribution in [0.25, 0.3) is 54.6 Å². The Morgan fingerprint density at radius 3 is 1.90 bits per heavy atom. The molecule has 6 rings (SSSR count). The van der Waals surface area contributed by atoms with Crippen molar-refractivity contribution in [2.45, 2.75) is 0 Å². The first-order valence-corrected chi connectivity index (χ1v) is 12.0. The molecule has 0 N–H and O–H groups in total. The van der Waals surface area contributed by atoms with E-state index in [9.17, 15) is 5.26 Å². The lowest BCUT2D eigenvalue weighted by Gasteiger charge is -2.17. The van der Waals surface area contributed by atoms with Crippen LogP contribution in [0.2, 0.25) is 0 Å². The standard InChI is InChI=1S/C33H17N3O3/c34-18-37-22-12-11-21-5-3-8-24(30(21)17-22)29-14-13-26(28-9-4-10-32(33(28)29)39-20-36)25-15-16-31(38-19-35)27-7-2-1-6-23(25)27/h1-17H. The summed E-state index contributed by atoms with van der Waals surface area (Å²) in [6.45, 7) is 0. The van der Waals surface area contributed by atoms with Crippen LogP contribution in [0.4, 0.5) is 0 Å². The molecular formula is C33H17N3O3. The molecule has 39 heavy (non-hydrogen) atoms. The molecule has 0 atom stereocenters. The Bertz CT molecular complexity index is 2050. The second kappa shape index (κ2) is 9.79. The minimum absolute atomic E-state index is 0.432. The van der Waals surface area contributed by atoms with E-state index in [-0.39, 0.29) is 0 Å². The monoisotopic (exact) mass is 503 g/mol. The molecule has 182 valence electrons. The van der Waals surface area contributed by atoms with Gasteiger partial charge in [0.1, 0.15) is 11.5 Å². The zero-order valence-electron chi connectivity index (χ0n) is 20.4. The van der Waals surface area contributed by atoms with E-state index in [0.29, 0.717) is 17.2 Å². The predicted molar refractivity (Wildman–Crippen MR) is 149 cm³/mol. The minimum atomic E-state index is 0.432. The molecule has 0 radical (unpaired) electrons. The average molecular weight is 504 g/mol. The van der Waals surface area contributed by atoms with E-state index < -0.39 is 0 Å². The second-order valence-electron chi connectivity index (χ2n) is 8.76. The number of fused-ring (bicyclic) bond motifs is 3. The summed E-state index contributed by atoms with van der Waals surface area (Å²) >= 11 is 0. The fraction of sp³-hybridized carbons (Fsp3) is 0. The summed E-state index contributed by atoms with van der Waals surface area (Å²) in [5.41, 5.74) is 3.66. The Labute approximate surface area is 223 Å². The quantitative estimate of drug-likeness (QED) is 0.221. The third-order valence-electron chi connectivity index (χ3n) is 6.80. The van der Waals surface area contributed by atoms with E-state index >= 15 is 0 Å². The van der Waals surface area contributed by atoms with Gasteiger partial charge in [0.25, 0.3) is 18.8 Å². The van der Waals surface area contributed by atoms with Crippen molar-refractivity contribution in [1.82, 2.24) is 0 Å². The molecule has 0 saturated heterocycles. The lowest BCUT2D eigenvalue weighted by Crippen LogP contribution is -1.93. The largest absolute Gasteiger partial charge is 0.388 e. The number of hydrogen-bond acceptors (Lipinski definition) is 6. The highest BCUT2D eigenvalue weighted by Crippen LogP contribution is 2.45. The lowest BCUT2D eigenvalue weighted by atomic mass is 9.88. The van der Waals surface area contributed by atoms with Gasteiger partial charge in [-0.3, -0.25) is 0 Å². The first kappa shape index (κ1) is 23.4. The van der Waals surface area contributed by atoms with Crippen LogP contribution < -0.4 is 14.2 Å². The molecule has 0 aliphatic rings. The van der Waals surface area contributed by atoms with Crippen molar-refractivity contribution >= 4 is 32.3 Å². The number of benzene rings is 6. The van der Waals surface area contributed by atoms with Gasteiger partial charge in [0, 0.05) is 10.8 Å². The first-order chi connectivity index (χ1) is 19.2. The Hall–Kier alpha value is -6.03. The van der Waals surface area contributed by atoms with E-state index in [0.717, 1.165) is 54.6 Å². The summed E-state index contributed by atoms with van der Waals surface area (Å²) in [4.78, 5) is 0. The van der Waals surface area contributed by atoms with Gasteiger partial charge in [-0.25, -0.2) is 0 Å². The molecule has 0 aliphatic carbocycles. The molecular weight excluding hydrogens is 486 g/mol. The molecule has 0 saturated carbocycles. The summed E-state index contributed by atoms with van der Waals surface area (Å²) in [7, 11) is 0. The molecule has 6 aromatic carbocycles. The zero-order chi connectivity index (χ0) is 26.8. The molecule has 6 heteroatoms. The third-order valence-corrected chi connectivity index (χ3v) is 6.80. The van der Waals surface area contributed by atoms with Crippen molar-refractivity contribution in [3.8, 4) is 58.3 Å². The Morgan fingerprint density at radius 2 is 1.08 bits per heavy atom. The van der Waals surface area contributed by atoms with Crippen LogP contribution in [0.3, 0.4) is 0 Å². The molecule has 0 aliphatic heterocycles. The lowest BCUT2D eigenvalue weighted by molar-refractivity contribution is 0.508. The molecule has 0 spiro atoms. The first-order valence-electron chi connectivity index (χ1n) is 12.0. The summed E-state index contributed by atoms with van der Waals surface area (Å²) in [5, 5.41) is 32.9. The van der Waals surface area contributed by atoms with Crippen molar-refractivity contribution in [3.63, 3.8) is 0 Å². The number of nitrogens with zero attached hydrogens (tertiary/aromatic N) is 3. The van der Waals surface area contributed by atoms with Crippen LogP contribution in [-0.4, -0.2) is 0 Å². The van der Waals surface area contributed by atoms with Gasteiger partial charge in [-0.2, -0.15) is 0 Å². The zero-order valence-corrected chi connectivity index (χ0v) is 20.4. The van der Waals surface area contributed by atoms with Gasteiger partial charge in [0.05, 0.1) is 0 Å².